The van der Waals surface area contributed by atoms with Gasteiger partial charge >= 0.3 is 0 Å². The van der Waals surface area contributed by atoms with Crippen LogP contribution >= 0.6 is 0 Å². The van der Waals surface area contributed by atoms with Gasteiger partial charge in [-0.2, -0.15) is 5.26 Å². The van der Waals surface area contributed by atoms with E-state index in [1.807, 2.05) is 37.3 Å². The average Bonchev–Trinajstić information content (AvgIpc) is 2.83. The minimum atomic E-state index is -0.507. The van der Waals surface area contributed by atoms with Crippen molar-refractivity contribution in [2.75, 3.05) is 12.4 Å². The summed E-state index contributed by atoms with van der Waals surface area (Å²) in [7, 11) is 1.51. The summed E-state index contributed by atoms with van der Waals surface area (Å²) >= 11 is 0. The molecule has 6 heteroatoms. The topological polar surface area (TPSA) is 71.4 Å². The third-order valence-corrected chi connectivity index (χ3v) is 5.08. The first-order chi connectivity index (χ1) is 16.4. The van der Waals surface area contributed by atoms with E-state index < -0.39 is 5.91 Å². The van der Waals surface area contributed by atoms with Gasteiger partial charge in [0.05, 0.1) is 7.11 Å². The number of carbonyl (C=O) groups is 1. The predicted octanol–water partition coefficient (Wildman–Crippen LogP) is 6.00. The zero-order valence-corrected chi connectivity index (χ0v) is 19.1. The van der Waals surface area contributed by atoms with Crippen molar-refractivity contribution in [2.45, 2.75) is 20.0 Å². The highest BCUT2D eigenvalue weighted by atomic mass is 19.1. The fourth-order valence-electron chi connectivity index (χ4n) is 3.39. The monoisotopic (exact) mass is 456 g/mol. The number of rotatable bonds is 9. The van der Waals surface area contributed by atoms with Crippen LogP contribution in [0.2, 0.25) is 0 Å². The molecule has 0 radical (unpaired) electrons. The maximum atomic E-state index is 13.5. The predicted molar refractivity (Wildman–Crippen MR) is 131 cm³/mol. The fourth-order valence-corrected chi connectivity index (χ4v) is 3.39. The summed E-state index contributed by atoms with van der Waals surface area (Å²) in [4.78, 5) is 12.7. The van der Waals surface area contributed by atoms with Crippen molar-refractivity contribution in [1.29, 1.82) is 5.26 Å². The van der Waals surface area contributed by atoms with Gasteiger partial charge in [0.25, 0.3) is 5.91 Å². The number of hydrogen-bond acceptors (Lipinski definition) is 4. The number of carbonyl (C=O) groups excluding carboxylic acids is 1. The number of ether oxygens (including phenoxy) is 2. The van der Waals surface area contributed by atoms with Crippen LogP contribution in [0.5, 0.6) is 11.5 Å². The highest BCUT2D eigenvalue weighted by Gasteiger charge is 2.15. The molecule has 0 saturated carbocycles. The molecular formula is C28H25FN2O3. The van der Waals surface area contributed by atoms with E-state index >= 15 is 0 Å². The smallest absolute Gasteiger partial charge is 0.266 e. The molecule has 0 aliphatic heterocycles. The lowest BCUT2D eigenvalue weighted by molar-refractivity contribution is -0.112. The normalized spacial score (nSPS) is 10.8. The Hall–Kier alpha value is -4.37. The Balaban J connectivity index is 1.91. The number of anilines is 1. The first kappa shape index (κ1) is 24.3. The molecular weight excluding hydrogens is 431 g/mol. The van der Waals surface area contributed by atoms with Crippen molar-refractivity contribution in [3.8, 4) is 17.6 Å². The van der Waals surface area contributed by atoms with Gasteiger partial charge < -0.3 is 14.8 Å². The van der Waals surface area contributed by atoms with Crippen LogP contribution in [0.25, 0.3) is 6.08 Å². The molecule has 172 valence electrons. The molecule has 0 spiro atoms. The molecule has 0 unspecified atom stereocenters. The molecule has 0 bridgehead atoms. The molecule has 34 heavy (non-hydrogen) atoms. The third kappa shape index (κ3) is 6.11. The molecule has 5 nitrogen and oxygen atoms in total. The van der Waals surface area contributed by atoms with Crippen molar-refractivity contribution in [1.82, 2.24) is 0 Å². The number of nitrogens with zero attached hydrogens (tertiary/aromatic N) is 1. The lowest BCUT2D eigenvalue weighted by Gasteiger charge is -2.16. The van der Waals surface area contributed by atoms with E-state index in [1.54, 1.807) is 30.3 Å². The summed E-state index contributed by atoms with van der Waals surface area (Å²) in [5.41, 5.74) is 3.51. The maximum Gasteiger partial charge on any atom is 0.266 e. The number of nitriles is 1. The molecule has 0 aromatic heterocycles. The number of halogens is 1. The number of aryl methyl sites for hydroxylation is 1. The molecule has 0 atom stereocenters. The van der Waals surface area contributed by atoms with E-state index in [2.05, 4.69) is 11.9 Å². The highest BCUT2D eigenvalue weighted by Crippen LogP contribution is 2.35. The lowest BCUT2D eigenvalue weighted by atomic mass is 10.0. The second-order valence-corrected chi connectivity index (χ2v) is 7.56. The Kier molecular flexibility index (Phi) is 8.20. The van der Waals surface area contributed by atoms with Gasteiger partial charge in [-0.3, -0.25) is 4.79 Å². The van der Waals surface area contributed by atoms with Crippen LogP contribution in [0.4, 0.5) is 10.1 Å². The molecule has 0 fully saturated rings. The SMILES string of the molecule is C=CCc1cc(/C=C(\C#N)C(=O)Nc2ccccc2C)cc(OC)c1OCc1cccc(F)c1. The van der Waals surface area contributed by atoms with E-state index in [0.717, 1.165) is 11.1 Å². The summed E-state index contributed by atoms with van der Waals surface area (Å²) in [6.45, 7) is 5.82. The van der Waals surface area contributed by atoms with Gasteiger partial charge in [0.1, 0.15) is 24.1 Å². The van der Waals surface area contributed by atoms with Crippen LogP contribution in [0.3, 0.4) is 0 Å². The maximum absolute atomic E-state index is 13.5. The number of nitrogens with one attached hydrogen (secondary N) is 1. The number of para-hydroxylation sites is 1. The average molecular weight is 457 g/mol. The Morgan fingerprint density at radius 3 is 2.65 bits per heavy atom. The summed E-state index contributed by atoms with van der Waals surface area (Å²) in [6.07, 6.45) is 3.68. The summed E-state index contributed by atoms with van der Waals surface area (Å²) in [5.74, 6) is 0.0747. The zero-order chi connectivity index (χ0) is 24.5. The van der Waals surface area contributed by atoms with Gasteiger partial charge in [0.15, 0.2) is 11.5 Å². The number of benzene rings is 3. The van der Waals surface area contributed by atoms with Crippen LogP contribution in [0.15, 0.2) is 78.9 Å². The molecule has 0 aliphatic rings. The fraction of sp³-hybridized carbons (Fsp3) is 0.143. The summed E-state index contributed by atoms with van der Waals surface area (Å²) < 4.78 is 25.0. The first-order valence-corrected chi connectivity index (χ1v) is 10.6. The Morgan fingerprint density at radius 1 is 1.18 bits per heavy atom. The Morgan fingerprint density at radius 2 is 1.97 bits per heavy atom. The first-order valence-electron chi connectivity index (χ1n) is 10.6. The Labute approximate surface area is 198 Å². The van der Waals surface area contributed by atoms with Crippen molar-refractivity contribution in [2.24, 2.45) is 0 Å². The minimum absolute atomic E-state index is 0.0525. The third-order valence-electron chi connectivity index (χ3n) is 5.08. The van der Waals surface area contributed by atoms with Crippen molar-refractivity contribution >= 4 is 17.7 Å². The molecule has 3 aromatic rings. The number of amides is 1. The lowest BCUT2D eigenvalue weighted by Crippen LogP contribution is -2.14. The van der Waals surface area contributed by atoms with Crippen LogP contribution in [-0.4, -0.2) is 13.0 Å². The molecule has 0 heterocycles. The van der Waals surface area contributed by atoms with E-state index in [-0.39, 0.29) is 18.0 Å². The van der Waals surface area contributed by atoms with Crippen molar-refractivity contribution < 1.29 is 18.7 Å². The van der Waals surface area contributed by atoms with Gasteiger partial charge in [-0.15, -0.1) is 6.58 Å². The van der Waals surface area contributed by atoms with Gasteiger partial charge in [-0.25, -0.2) is 4.39 Å². The molecule has 0 aliphatic carbocycles. The quantitative estimate of drug-likeness (QED) is 0.244. The summed E-state index contributed by atoms with van der Waals surface area (Å²) in [6, 6.07) is 19.0. The number of methoxy groups -OCH3 is 1. The minimum Gasteiger partial charge on any atom is -0.493 e. The highest BCUT2D eigenvalue weighted by molar-refractivity contribution is 6.10. The van der Waals surface area contributed by atoms with Crippen molar-refractivity contribution in [3.63, 3.8) is 0 Å². The second kappa shape index (κ2) is 11.5. The van der Waals surface area contributed by atoms with Gasteiger partial charge in [0.2, 0.25) is 0 Å². The number of allylic oxidation sites excluding steroid dienone is 1. The molecule has 3 aromatic carbocycles. The van der Waals surface area contributed by atoms with E-state index in [1.165, 1.54) is 25.3 Å². The number of hydrogen-bond donors (Lipinski definition) is 1. The van der Waals surface area contributed by atoms with Crippen LogP contribution < -0.4 is 14.8 Å². The largest absolute Gasteiger partial charge is 0.493 e. The molecule has 1 N–H and O–H groups in total. The van der Waals surface area contributed by atoms with Gasteiger partial charge in [-0.1, -0.05) is 36.4 Å². The van der Waals surface area contributed by atoms with E-state index in [4.69, 9.17) is 9.47 Å². The van der Waals surface area contributed by atoms with Crippen LogP contribution in [-0.2, 0) is 17.8 Å². The summed E-state index contributed by atoms with van der Waals surface area (Å²) in [5, 5.41) is 12.4. The second-order valence-electron chi connectivity index (χ2n) is 7.56. The van der Waals surface area contributed by atoms with E-state index in [9.17, 15) is 14.4 Å². The van der Waals surface area contributed by atoms with Crippen molar-refractivity contribution in [3.05, 3.63) is 107 Å². The van der Waals surface area contributed by atoms with E-state index in [0.29, 0.717) is 34.7 Å². The molecule has 3 rings (SSSR count). The van der Waals surface area contributed by atoms with Crippen LogP contribution in [0, 0.1) is 24.1 Å². The van der Waals surface area contributed by atoms with Crippen LogP contribution in [0.1, 0.15) is 22.3 Å². The standard InChI is InChI=1S/C28H25FN2O3/c1-4-8-22-13-21(14-23(17-30)28(32)31-25-12-6-5-9-19(25)2)16-26(33-3)27(22)34-18-20-10-7-11-24(29)15-20/h4-7,9-16H,1,8,18H2,2-3H3,(H,31,32)/b23-14+. The molecule has 1 amide bonds. The van der Waals surface area contributed by atoms with Gasteiger partial charge in [0, 0.05) is 11.3 Å². The zero-order valence-electron chi connectivity index (χ0n) is 19.1. The van der Waals surface area contributed by atoms with Gasteiger partial charge in [-0.05, 0) is 66.4 Å². The molecule has 0 saturated heterocycles. The Bertz CT molecular complexity index is 1270.